The molecule has 0 aliphatic carbocycles. The van der Waals surface area contributed by atoms with Crippen LogP contribution in [0, 0.1) is 0 Å². The van der Waals surface area contributed by atoms with E-state index in [-0.39, 0.29) is 0 Å². The van der Waals surface area contributed by atoms with Crippen molar-refractivity contribution >= 4 is 28.7 Å². The van der Waals surface area contributed by atoms with E-state index in [1.54, 1.807) is 0 Å². The summed E-state index contributed by atoms with van der Waals surface area (Å²) in [6.45, 7) is 0. The summed E-state index contributed by atoms with van der Waals surface area (Å²) < 4.78 is 2.24. The van der Waals surface area contributed by atoms with Crippen molar-refractivity contribution in [3.63, 3.8) is 0 Å². The smallest absolute Gasteiger partial charge is 0.212 e. The topological polar surface area (TPSA) is 7.12 Å². The molecule has 0 saturated heterocycles. The summed E-state index contributed by atoms with van der Waals surface area (Å²) in [5, 5.41) is 1.25. The highest BCUT2D eigenvalue weighted by atomic mass is 15.1. The highest BCUT2D eigenvalue weighted by Gasteiger charge is 2.10. The van der Waals surface area contributed by atoms with Gasteiger partial charge in [0.1, 0.15) is 7.05 Å². The minimum absolute atomic E-state index is 1.18. The fraction of sp³-hybridized carbons (Fsp3) is 0.115. The Balaban J connectivity index is 1.60. The molecule has 0 aliphatic heterocycles. The Hall–Kier alpha value is -3.39. The lowest BCUT2D eigenvalue weighted by atomic mass is 10.0. The Morgan fingerprint density at radius 3 is 2.14 bits per heavy atom. The molecule has 0 atom stereocenters. The van der Waals surface area contributed by atoms with E-state index in [1.165, 1.54) is 39.0 Å². The van der Waals surface area contributed by atoms with E-state index in [0.717, 1.165) is 0 Å². The molecule has 0 aliphatic rings. The minimum atomic E-state index is 1.18. The molecule has 138 valence electrons. The summed E-state index contributed by atoms with van der Waals surface area (Å²) in [5.41, 5.74) is 7.31. The van der Waals surface area contributed by atoms with Crippen molar-refractivity contribution in [1.82, 2.24) is 0 Å². The molecule has 2 heteroatoms. The molecule has 0 fully saturated rings. The Morgan fingerprint density at radius 1 is 0.714 bits per heavy atom. The molecule has 0 unspecified atom stereocenters. The number of aromatic nitrogens is 1. The van der Waals surface area contributed by atoms with Crippen LogP contribution in [-0.4, -0.2) is 14.1 Å². The molecule has 28 heavy (non-hydrogen) atoms. The first-order valence-corrected chi connectivity index (χ1v) is 9.55. The molecule has 1 heterocycles. The average molecular weight is 366 g/mol. The Morgan fingerprint density at radius 2 is 1.43 bits per heavy atom. The normalized spacial score (nSPS) is 11.2. The van der Waals surface area contributed by atoms with Crippen molar-refractivity contribution in [3.8, 4) is 11.1 Å². The number of hydrogen-bond acceptors (Lipinski definition) is 1. The van der Waals surface area contributed by atoms with Crippen molar-refractivity contribution in [2.24, 2.45) is 7.05 Å². The summed E-state index contributed by atoms with van der Waals surface area (Å²) in [7, 11) is 6.26. The Kier molecular flexibility index (Phi) is 4.94. The summed E-state index contributed by atoms with van der Waals surface area (Å²) in [4.78, 5) is 2.13. The number of aryl methyl sites for hydroxylation is 1. The number of fused-ring (bicyclic) bond motifs is 1. The molecule has 4 aromatic rings. The lowest BCUT2D eigenvalue weighted by Gasteiger charge is -2.12. The van der Waals surface area contributed by atoms with Gasteiger partial charge in [-0.15, -0.1) is 0 Å². The van der Waals surface area contributed by atoms with Gasteiger partial charge >= 0.3 is 0 Å². The van der Waals surface area contributed by atoms with E-state index < -0.39 is 0 Å². The van der Waals surface area contributed by atoms with Crippen LogP contribution in [0.25, 0.3) is 34.2 Å². The van der Waals surface area contributed by atoms with Crippen molar-refractivity contribution in [2.45, 2.75) is 0 Å². The van der Waals surface area contributed by atoms with Gasteiger partial charge in [0.2, 0.25) is 11.2 Å². The van der Waals surface area contributed by atoms with Gasteiger partial charge in [-0.2, -0.15) is 4.57 Å². The monoisotopic (exact) mass is 365 g/mol. The van der Waals surface area contributed by atoms with Gasteiger partial charge in [0.15, 0.2) is 0 Å². The molecule has 2 nitrogen and oxygen atoms in total. The van der Waals surface area contributed by atoms with Crippen LogP contribution in [-0.2, 0) is 7.05 Å². The number of benzene rings is 3. The van der Waals surface area contributed by atoms with Gasteiger partial charge in [0.25, 0.3) is 0 Å². The van der Waals surface area contributed by atoms with Crippen LogP contribution in [0.4, 0.5) is 5.69 Å². The van der Waals surface area contributed by atoms with E-state index in [1.807, 2.05) is 6.07 Å². The number of nitrogens with zero attached hydrogens (tertiary/aromatic N) is 2. The van der Waals surface area contributed by atoms with Gasteiger partial charge in [-0.25, -0.2) is 0 Å². The Bertz CT molecular complexity index is 1120. The fourth-order valence-corrected chi connectivity index (χ4v) is 3.45. The standard InChI is InChI=1S/C26H25N2/c1-27(2)25-17-18-26-23(19-25)14-16-24(28(26)3)15-11-20-9-12-22(13-10-20)21-7-5-4-6-8-21/h4-19H,1-3H3/q+1. The van der Waals surface area contributed by atoms with Gasteiger partial charge in [-0.3, -0.25) is 0 Å². The second-order valence-electron chi connectivity index (χ2n) is 7.28. The first kappa shape index (κ1) is 18.0. The fourth-order valence-electron chi connectivity index (χ4n) is 3.45. The average Bonchev–Trinajstić information content (AvgIpc) is 2.74. The summed E-state index contributed by atoms with van der Waals surface area (Å²) in [6.07, 6.45) is 4.35. The van der Waals surface area contributed by atoms with E-state index in [9.17, 15) is 0 Å². The van der Waals surface area contributed by atoms with Crippen LogP contribution in [0.3, 0.4) is 0 Å². The molecular weight excluding hydrogens is 340 g/mol. The quantitative estimate of drug-likeness (QED) is 0.429. The van der Waals surface area contributed by atoms with E-state index in [2.05, 4.69) is 122 Å². The molecule has 0 amide bonds. The van der Waals surface area contributed by atoms with Gasteiger partial charge in [0, 0.05) is 43.4 Å². The molecule has 0 radical (unpaired) electrons. The first-order chi connectivity index (χ1) is 13.6. The van der Waals surface area contributed by atoms with Gasteiger partial charge in [-0.1, -0.05) is 54.6 Å². The zero-order chi connectivity index (χ0) is 19.5. The third-order valence-electron chi connectivity index (χ3n) is 5.17. The summed E-state index contributed by atoms with van der Waals surface area (Å²) >= 11 is 0. The zero-order valence-corrected chi connectivity index (χ0v) is 16.6. The number of rotatable bonds is 4. The maximum Gasteiger partial charge on any atom is 0.212 e. The third kappa shape index (κ3) is 3.67. The van der Waals surface area contributed by atoms with Gasteiger partial charge < -0.3 is 4.90 Å². The van der Waals surface area contributed by atoms with Crippen molar-refractivity contribution < 1.29 is 4.57 Å². The minimum Gasteiger partial charge on any atom is -0.378 e. The number of anilines is 1. The maximum atomic E-state index is 2.24. The van der Waals surface area contributed by atoms with Crippen molar-refractivity contribution in [3.05, 3.63) is 96.2 Å². The van der Waals surface area contributed by atoms with Crippen LogP contribution in [0.15, 0.2) is 84.9 Å². The first-order valence-electron chi connectivity index (χ1n) is 9.55. The third-order valence-corrected chi connectivity index (χ3v) is 5.17. The Labute approximate surface area is 167 Å². The maximum absolute atomic E-state index is 2.24. The lowest BCUT2D eigenvalue weighted by molar-refractivity contribution is -0.646. The highest BCUT2D eigenvalue weighted by molar-refractivity contribution is 5.81. The zero-order valence-electron chi connectivity index (χ0n) is 16.6. The van der Waals surface area contributed by atoms with Gasteiger partial charge in [-0.05, 0) is 41.0 Å². The van der Waals surface area contributed by atoms with Crippen molar-refractivity contribution in [2.75, 3.05) is 19.0 Å². The molecule has 0 saturated carbocycles. The predicted octanol–water partition coefficient (Wildman–Crippen LogP) is 5.57. The highest BCUT2D eigenvalue weighted by Crippen LogP contribution is 2.21. The van der Waals surface area contributed by atoms with E-state index >= 15 is 0 Å². The van der Waals surface area contributed by atoms with Crippen LogP contribution in [0.1, 0.15) is 11.3 Å². The second-order valence-corrected chi connectivity index (χ2v) is 7.28. The lowest BCUT2D eigenvalue weighted by Crippen LogP contribution is -2.32. The second kappa shape index (κ2) is 7.69. The van der Waals surface area contributed by atoms with Crippen molar-refractivity contribution in [1.29, 1.82) is 0 Å². The summed E-state index contributed by atoms with van der Waals surface area (Å²) in [5.74, 6) is 0. The van der Waals surface area contributed by atoms with Gasteiger partial charge in [0.05, 0.1) is 0 Å². The number of pyridine rings is 1. The largest absolute Gasteiger partial charge is 0.378 e. The molecule has 0 N–H and O–H groups in total. The van der Waals surface area contributed by atoms with Crippen LogP contribution in [0.5, 0.6) is 0 Å². The summed E-state index contributed by atoms with van der Waals surface area (Å²) in [6, 6.07) is 30.1. The van der Waals surface area contributed by atoms with Crippen LogP contribution < -0.4 is 9.47 Å². The van der Waals surface area contributed by atoms with E-state index in [0.29, 0.717) is 0 Å². The molecule has 1 aromatic heterocycles. The van der Waals surface area contributed by atoms with Crippen LogP contribution >= 0.6 is 0 Å². The predicted molar refractivity (Wildman–Crippen MR) is 120 cm³/mol. The van der Waals surface area contributed by atoms with E-state index in [4.69, 9.17) is 0 Å². The number of hydrogen-bond donors (Lipinski definition) is 0. The molecular formula is C26H25N2+. The molecule has 0 spiro atoms. The van der Waals surface area contributed by atoms with Crippen LogP contribution in [0.2, 0.25) is 0 Å². The molecule has 0 bridgehead atoms. The SMILES string of the molecule is CN(C)c1ccc2c(ccc(C=Cc3ccc(-c4ccccc4)cc3)[n+]2C)c1. The molecule has 4 rings (SSSR count). The molecule has 3 aromatic carbocycles.